The zero-order valence-corrected chi connectivity index (χ0v) is 13.1. The molecule has 23 heavy (non-hydrogen) atoms. The molecule has 0 aliphatic carbocycles. The van der Waals surface area contributed by atoms with Crippen LogP contribution in [0.4, 0.5) is 0 Å². The molecule has 0 aliphatic rings. The standard InChI is InChI=1S/C16H13N3O3S/c1-2-11-12(6-5-10-4-3-7-17-8-10)18-16-19(14(11)20)9-13(23-16)15(21)22/h3-9H,2H2,1H3,(H,21,22). The molecule has 6 nitrogen and oxygen atoms in total. The normalized spacial score (nSPS) is 11.3. The smallest absolute Gasteiger partial charge is 0.347 e. The van der Waals surface area contributed by atoms with E-state index in [1.165, 1.54) is 10.6 Å². The number of aromatic carboxylic acids is 1. The van der Waals surface area contributed by atoms with Crippen LogP contribution < -0.4 is 5.56 Å². The van der Waals surface area contributed by atoms with Crippen molar-refractivity contribution in [1.29, 1.82) is 0 Å². The summed E-state index contributed by atoms with van der Waals surface area (Å²) >= 11 is 0.981. The summed E-state index contributed by atoms with van der Waals surface area (Å²) in [5.41, 5.74) is 1.78. The molecule has 0 aromatic carbocycles. The molecule has 1 N–H and O–H groups in total. The van der Waals surface area contributed by atoms with Crippen molar-refractivity contribution in [3.63, 3.8) is 0 Å². The number of carboxylic acid groups (broad SMARTS) is 1. The molecule has 0 saturated carbocycles. The molecule has 3 heterocycles. The fraction of sp³-hybridized carbons (Fsp3) is 0.125. The number of pyridine rings is 1. The number of aromatic nitrogens is 3. The Labute approximate surface area is 135 Å². The molecule has 7 heteroatoms. The first kappa shape index (κ1) is 15.1. The van der Waals surface area contributed by atoms with Crippen molar-refractivity contribution in [2.24, 2.45) is 0 Å². The van der Waals surface area contributed by atoms with Gasteiger partial charge in [-0.05, 0) is 24.1 Å². The Kier molecular flexibility index (Phi) is 4.03. The maximum Gasteiger partial charge on any atom is 0.347 e. The van der Waals surface area contributed by atoms with Crippen LogP contribution in [0.3, 0.4) is 0 Å². The van der Waals surface area contributed by atoms with Crippen molar-refractivity contribution in [3.05, 3.63) is 62.8 Å². The highest BCUT2D eigenvalue weighted by Crippen LogP contribution is 2.17. The van der Waals surface area contributed by atoms with Crippen LogP contribution in [0, 0.1) is 0 Å². The summed E-state index contributed by atoms with van der Waals surface area (Å²) in [5, 5.41) is 9.07. The lowest BCUT2D eigenvalue weighted by atomic mass is 10.1. The lowest BCUT2D eigenvalue weighted by Gasteiger charge is -2.03. The molecule has 0 saturated heterocycles. The van der Waals surface area contributed by atoms with Crippen molar-refractivity contribution >= 4 is 34.4 Å². The number of carboxylic acids is 1. The molecule has 0 atom stereocenters. The third kappa shape index (κ3) is 2.91. The van der Waals surface area contributed by atoms with Gasteiger partial charge in [-0.2, -0.15) is 0 Å². The van der Waals surface area contributed by atoms with Gasteiger partial charge in [0.2, 0.25) is 0 Å². The van der Waals surface area contributed by atoms with E-state index in [0.717, 1.165) is 16.9 Å². The van der Waals surface area contributed by atoms with E-state index in [-0.39, 0.29) is 10.4 Å². The van der Waals surface area contributed by atoms with Crippen LogP contribution in [-0.2, 0) is 6.42 Å². The minimum Gasteiger partial charge on any atom is -0.477 e. The Morgan fingerprint density at radius 3 is 2.91 bits per heavy atom. The summed E-state index contributed by atoms with van der Waals surface area (Å²) in [7, 11) is 0. The number of rotatable bonds is 4. The first-order chi connectivity index (χ1) is 11.1. The number of carbonyl (C=O) groups is 1. The van der Waals surface area contributed by atoms with Crippen LogP contribution in [0.2, 0.25) is 0 Å². The third-order valence-corrected chi connectivity index (χ3v) is 4.31. The summed E-state index contributed by atoms with van der Waals surface area (Å²) in [6, 6.07) is 3.72. The Morgan fingerprint density at radius 1 is 1.43 bits per heavy atom. The van der Waals surface area contributed by atoms with Crippen LogP contribution in [0.5, 0.6) is 0 Å². The Balaban J connectivity index is 2.14. The number of hydrogen-bond donors (Lipinski definition) is 1. The van der Waals surface area contributed by atoms with Crippen molar-refractivity contribution in [3.8, 4) is 0 Å². The monoisotopic (exact) mass is 327 g/mol. The van der Waals surface area contributed by atoms with E-state index in [0.29, 0.717) is 22.6 Å². The highest BCUT2D eigenvalue weighted by molar-refractivity contribution is 7.18. The van der Waals surface area contributed by atoms with Gasteiger partial charge in [-0.3, -0.25) is 14.2 Å². The number of nitrogens with zero attached hydrogens (tertiary/aromatic N) is 3. The highest BCUT2D eigenvalue weighted by Gasteiger charge is 2.15. The minimum atomic E-state index is -1.06. The second kappa shape index (κ2) is 6.13. The molecule has 0 amide bonds. The van der Waals surface area contributed by atoms with E-state index in [2.05, 4.69) is 9.97 Å². The second-order valence-electron chi connectivity index (χ2n) is 4.81. The lowest BCUT2D eigenvalue weighted by molar-refractivity contribution is 0.0702. The van der Waals surface area contributed by atoms with Gasteiger partial charge in [-0.15, -0.1) is 0 Å². The van der Waals surface area contributed by atoms with Crippen LogP contribution in [-0.4, -0.2) is 25.4 Å². The number of hydrogen-bond acceptors (Lipinski definition) is 5. The topological polar surface area (TPSA) is 84.6 Å². The molecule has 0 bridgehead atoms. The molecule has 0 spiro atoms. The minimum absolute atomic E-state index is 0.0880. The average molecular weight is 327 g/mol. The van der Waals surface area contributed by atoms with E-state index in [1.54, 1.807) is 18.5 Å². The maximum absolute atomic E-state index is 12.5. The molecule has 3 aromatic heterocycles. The average Bonchev–Trinajstić information content (AvgIpc) is 2.99. The SMILES string of the molecule is CCc1c(C=Cc2cccnc2)nc2sc(C(=O)O)cn2c1=O. The van der Waals surface area contributed by atoms with Gasteiger partial charge >= 0.3 is 5.97 Å². The van der Waals surface area contributed by atoms with Crippen molar-refractivity contribution < 1.29 is 9.90 Å². The fourth-order valence-electron chi connectivity index (χ4n) is 2.21. The van der Waals surface area contributed by atoms with Gasteiger partial charge in [0.1, 0.15) is 4.88 Å². The first-order valence-corrected chi connectivity index (χ1v) is 7.78. The molecule has 0 unspecified atom stereocenters. The van der Waals surface area contributed by atoms with Gasteiger partial charge in [-0.1, -0.05) is 30.4 Å². The quantitative estimate of drug-likeness (QED) is 0.796. The van der Waals surface area contributed by atoms with Gasteiger partial charge < -0.3 is 5.11 Å². The van der Waals surface area contributed by atoms with Crippen LogP contribution in [0.1, 0.15) is 33.4 Å². The van der Waals surface area contributed by atoms with Gasteiger partial charge in [0.15, 0.2) is 4.96 Å². The summed E-state index contributed by atoms with van der Waals surface area (Å²) < 4.78 is 1.30. The van der Waals surface area contributed by atoms with E-state index < -0.39 is 5.97 Å². The second-order valence-corrected chi connectivity index (χ2v) is 5.82. The molecule has 0 aliphatic heterocycles. The Hall–Kier alpha value is -2.80. The highest BCUT2D eigenvalue weighted by atomic mass is 32.1. The summed E-state index contributed by atoms with van der Waals surface area (Å²) in [5.74, 6) is -1.06. The predicted molar refractivity (Wildman–Crippen MR) is 88.8 cm³/mol. The molecular weight excluding hydrogens is 314 g/mol. The van der Waals surface area contributed by atoms with Crippen molar-refractivity contribution in [1.82, 2.24) is 14.4 Å². The Morgan fingerprint density at radius 2 is 2.26 bits per heavy atom. The summed E-state index contributed by atoms with van der Waals surface area (Å²) in [6.07, 6.45) is 8.82. The number of fused-ring (bicyclic) bond motifs is 1. The Bertz CT molecular complexity index is 958. The van der Waals surface area contributed by atoms with Crippen LogP contribution >= 0.6 is 11.3 Å². The molecule has 3 rings (SSSR count). The summed E-state index contributed by atoms with van der Waals surface area (Å²) in [6.45, 7) is 1.87. The van der Waals surface area contributed by atoms with Gasteiger partial charge in [0, 0.05) is 24.2 Å². The van der Waals surface area contributed by atoms with Gasteiger partial charge in [0.05, 0.1) is 5.69 Å². The zero-order chi connectivity index (χ0) is 16.4. The van der Waals surface area contributed by atoms with E-state index >= 15 is 0 Å². The third-order valence-electron chi connectivity index (χ3n) is 3.34. The largest absolute Gasteiger partial charge is 0.477 e. The maximum atomic E-state index is 12.5. The fourth-order valence-corrected chi connectivity index (χ4v) is 3.03. The summed E-state index contributed by atoms with van der Waals surface area (Å²) in [4.78, 5) is 32.5. The van der Waals surface area contributed by atoms with E-state index in [1.807, 2.05) is 25.1 Å². The zero-order valence-electron chi connectivity index (χ0n) is 12.3. The first-order valence-electron chi connectivity index (χ1n) is 6.96. The van der Waals surface area contributed by atoms with E-state index in [9.17, 15) is 9.59 Å². The van der Waals surface area contributed by atoms with Crippen molar-refractivity contribution in [2.45, 2.75) is 13.3 Å². The van der Waals surface area contributed by atoms with Gasteiger partial charge in [-0.25, -0.2) is 9.78 Å². The molecule has 0 radical (unpaired) electrons. The molecule has 0 fully saturated rings. The molecule has 3 aromatic rings. The van der Waals surface area contributed by atoms with Gasteiger partial charge in [0.25, 0.3) is 5.56 Å². The van der Waals surface area contributed by atoms with Crippen LogP contribution in [0.25, 0.3) is 17.1 Å². The number of thiazole rings is 1. The van der Waals surface area contributed by atoms with Crippen molar-refractivity contribution in [2.75, 3.05) is 0 Å². The molecular formula is C16H13N3O3S. The molecule has 116 valence electrons. The van der Waals surface area contributed by atoms with Crippen LogP contribution in [0.15, 0.2) is 35.5 Å². The lowest BCUT2D eigenvalue weighted by Crippen LogP contribution is -2.19. The predicted octanol–water partition coefficient (Wildman–Crippen LogP) is 2.58. The van der Waals surface area contributed by atoms with E-state index in [4.69, 9.17) is 5.11 Å².